The lowest BCUT2D eigenvalue weighted by Gasteiger charge is -2.14. The number of hydrogen-bond donors (Lipinski definition) is 0. The molecule has 3 heterocycles. The van der Waals surface area contributed by atoms with Crippen LogP contribution >= 0.6 is 0 Å². The Morgan fingerprint density at radius 1 is 1.06 bits per heavy atom. The van der Waals surface area contributed by atoms with Crippen LogP contribution in [0.15, 0.2) is 58.4 Å². The minimum Gasteiger partial charge on any atom is -0.462 e. The first-order valence-electron chi connectivity index (χ1n) is 11.2. The van der Waals surface area contributed by atoms with E-state index in [0.717, 1.165) is 11.1 Å². The number of amides is 1. The van der Waals surface area contributed by atoms with E-state index in [1.54, 1.807) is 48.0 Å². The van der Waals surface area contributed by atoms with Crippen LogP contribution in [0.2, 0.25) is 0 Å². The van der Waals surface area contributed by atoms with Crippen molar-refractivity contribution in [2.45, 2.75) is 40.7 Å². The Morgan fingerprint density at radius 3 is 2.47 bits per heavy atom. The van der Waals surface area contributed by atoms with E-state index in [2.05, 4.69) is 9.98 Å². The van der Waals surface area contributed by atoms with Gasteiger partial charge in [0.15, 0.2) is 5.49 Å². The lowest BCUT2D eigenvalue weighted by molar-refractivity contribution is 0.0523. The van der Waals surface area contributed by atoms with Crippen molar-refractivity contribution < 1.29 is 14.3 Å². The standard InChI is InChI=1S/C26H26N4O4/c1-5-10-30-22-19(25(32)29-11-8-7-9-21(29)27-22)15-20(26(33)34-6-2)23(30)28-24(31)18-13-16(3)12-17(4)14-18/h7-9,11-15H,5-6,10H2,1-4H3. The predicted octanol–water partition coefficient (Wildman–Crippen LogP) is 3.59. The second kappa shape index (κ2) is 9.43. The summed E-state index contributed by atoms with van der Waals surface area (Å²) in [6.07, 6.45) is 2.29. The molecule has 0 unspecified atom stereocenters. The Labute approximate surface area is 196 Å². The van der Waals surface area contributed by atoms with Crippen molar-refractivity contribution in [3.05, 3.63) is 86.8 Å². The molecule has 8 heteroatoms. The van der Waals surface area contributed by atoms with Gasteiger partial charge in [0.05, 0.1) is 12.0 Å². The van der Waals surface area contributed by atoms with Crippen LogP contribution in [0, 0.1) is 13.8 Å². The molecule has 0 aliphatic heterocycles. The van der Waals surface area contributed by atoms with E-state index in [-0.39, 0.29) is 28.6 Å². The maximum absolute atomic E-state index is 13.3. The Kier molecular flexibility index (Phi) is 6.40. The summed E-state index contributed by atoms with van der Waals surface area (Å²) in [7, 11) is 0. The fourth-order valence-corrected chi connectivity index (χ4v) is 4.05. The summed E-state index contributed by atoms with van der Waals surface area (Å²) in [5.41, 5.74) is 2.97. The van der Waals surface area contributed by atoms with Crippen molar-refractivity contribution in [1.82, 2.24) is 14.0 Å². The van der Waals surface area contributed by atoms with Gasteiger partial charge >= 0.3 is 5.97 Å². The zero-order valence-corrected chi connectivity index (χ0v) is 19.7. The summed E-state index contributed by atoms with van der Waals surface area (Å²) < 4.78 is 8.34. The fourth-order valence-electron chi connectivity index (χ4n) is 4.05. The van der Waals surface area contributed by atoms with Crippen LogP contribution in [-0.4, -0.2) is 32.4 Å². The number of aryl methyl sites for hydroxylation is 3. The van der Waals surface area contributed by atoms with Gasteiger partial charge in [0.1, 0.15) is 16.9 Å². The first-order chi connectivity index (χ1) is 16.3. The number of benzene rings is 1. The summed E-state index contributed by atoms with van der Waals surface area (Å²) in [6, 6.07) is 12.2. The summed E-state index contributed by atoms with van der Waals surface area (Å²) in [5, 5.41) is 0.248. The molecule has 0 spiro atoms. The van der Waals surface area contributed by atoms with Gasteiger partial charge in [-0.3, -0.25) is 14.0 Å². The summed E-state index contributed by atoms with van der Waals surface area (Å²) in [6.45, 7) is 8.01. The van der Waals surface area contributed by atoms with Crippen molar-refractivity contribution in [1.29, 1.82) is 0 Å². The van der Waals surface area contributed by atoms with Gasteiger partial charge in [0, 0.05) is 18.3 Å². The molecule has 0 N–H and O–H groups in total. The lowest BCUT2D eigenvalue weighted by atomic mass is 10.1. The van der Waals surface area contributed by atoms with Crippen LogP contribution < -0.4 is 11.0 Å². The molecule has 0 atom stereocenters. The normalized spacial score (nSPS) is 11.8. The second-order valence-corrected chi connectivity index (χ2v) is 8.13. The van der Waals surface area contributed by atoms with E-state index in [4.69, 9.17) is 4.74 Å². The van der Waals surface area contributed by atoms with Crippen molar-refractivity contribution >= 4 is 28.6 Å². The number of esters is 1. The molecule has 0 fully saturated rings. The number of rotatable bonds is 5. The molecule has 0 radical (unpaired) electrons. The topological polar surface area (TPSA) is 95.0 Å². The Balaban J connectivity index is 2.11. The van der Waals surface area contributed by atoms with E-state index in [1.165, 1.54) is 10.5 Å². The zero-order valence-electron chi connectivity index (χ0n) is 19.7. The molecule has 34 heavy (non-hydrogen) atoms. The largest absolute Gasteiger partial charge is 0.462 e. The molecule has 3 aromatic heterocycles. The van der Waals surface area contributed by atoms with Crippen LogP contribution in [0.1, 0.15) is 52.1 Å². The van der Waals surface area contributed by atoms with Crippen molar-refractivity contribution in [3.63, 3.8) is 0 Å². The van der Waals surface area contributed by atoms with Crippen LogP contribution in [-0.2, 0) is 11.3 Å². The number of ether oxygens (including phenoxy) is 1. The summed E-state index contributed by atoms with van der Waals surface area (Å²) in [4.78, 5) is 48.4. The second-order valence-electron chi connectivity index (χ2n) is 8.13. The van der Waals surface area contributed by atoms with E-state index >= 15 is 0 Å². The minimum atomic E-state index is -0.654. The van der Waals surface area contributed by atoms with Crippen molar-refractivity contribution in [3.8, 4) is 0 Å². The molecule has 4 aromatic rings. The van der Waals surface area contributed by atoms with E-state index in [0.29, 0.717) is 29.8 Å². The first kappa shape index (κ1) is 23.1. The highest BCUT2D eigenvalue weighted by atomic mass is 16.5. The molecule has 0 saturated heterocycles. The minimum absolute atomic E-state index is 0.0512. The van der Waals surface area contributed by atoms with E-state index in [1.807, 2.05) is 26.8 Å². The molecule has 0 bridgehead atoms. The average molecular weight is 459 g/mol. The highest BCUT2D eigenvalue weighted by molar-refractivity contribution is 5.97. The summed E-state index contributed by atoms with van der Waals surface area (Å²) >= 11 is 0. The molecule has 174 valence electrons. The van der Waals surface area contributed by atoms with E-state index in [9.17, 15) is 14.4 Å². The van der Waals surface area contributed by atoms with Gasteiger partial charge in [0.2, 0.25) is 0 Å². The Hall–Kier alpha value is -4.07. The molecular weight excluding hydrogens is 432 g/mol. The summed E-state index contributed by atoms with van der Waals surface area (Å²) in [5.74, 6) is -1.14. The molecule has 0 aliphatic carbocycles. The Morgan fingerprint density at radius 2 is 1.79 bits per heavy atom. The number of carbonyl (C=O) groups excluding carboxylic acids is 2. The van der Waals surface area contributed by atoms with E-state index < -0.39 is 11.9 Å². The van der Waals surface area contributed by atoms with Gasteiger partial charge in [-0.25, -0.2) is 9.78 Å². The third kappa shape index (κ3) is 4.26. The van der Waals surface area contributed by atoms with Gasteiger partial charge in [-0.2, -0.15) is 4.99 Å². The van der Waals surface area contributed by atoms with Crippen LogP contribution in [0.3, 0.4) is 0 Å². The number of hydrogen-bond acceptors (Lipinski definition) is 5. The highest BCUT2D eigenvalue weighted by Crippen LogP contribution is 2.13. The maximum Gasteiger partial charge on any atom is 0.341 e. The maximum atomic E-state index is 13.3. The molecule has 1 amide bonds. The quantitative estimate of drug-likeness (QED) is 0.336. The van der Waals surface area contributed by atoms with Crippen molar-refractivity contribution in [2.75, 3.05) is 6.61 Å². The predicted molar refractivity (Wildman–Crippen MR) is 129 cm³/mol. The van der Waals surface area contributed by atoms with Gasteiger partial charge in [-0.15, -0.1) is 0 Å². The number of nitrogens with zero attached hydrogens (tertiary/aromatic N) is 4. The highest BCUT2D eigenvalue weighted by Gasteiger charge is 2.20. The lowest BCUT2D eigenvalue weighted by Crippen LogP contribution is -2.32. The first-order valence-corrected chi connectivity index (χ1v) is 11.2. The van der Waals surface area contributed by atoms with Gasteiger partial charge in [0.25, 0.3) is 11.5 Å². The Bertz CT molecular complexity index is 1540. The molecule has 4 rings (SSSR count). The third-order valence-electron chi connectivity index (χ3n) is 5.41. The molecular formula is C26H26N4O4. The van der Waals surface area contributed by atoms with Crippen molar-refractivity contribution in [2.24, 2.45) is 4.99 Å². The van der Waals surface area contributed by atoms with Crippen LogP contribution in [0.5, 0.6) is 0 Å². The SMILES string of the molecule is CCCn1c(=NC(=O)c2cc(C)cc(C)c2)c(C(=O)OCC)cc2c(=O)n3ccccc3nc21. The molecule has 1 aromatic carbocycles. The molecule has 8 nitrogen and oxygen atoms in total. The fraction of sp³-hybridized carbons (Fsp3) is 0.269. The monoisotopic (exact) mass is 458 g/mol. The van der Waals surface area contributed by atoms with Gasteiger partial charge in [-0.1, -0.05) is 30.2 Å². The number of aromatic nitrogens is 3. The van der Waals surface area contributed by atoms with Crippen LogP contribution in [0.25, 0.3) is 16.7 Å². The molecule has 0 aliphatic rings. The van der Waals surface area contributed by atoms with Gasteiger partial charge in [-0.05, 0) is 57.5 Å². The van der Waals surface area contributed by atoms with Crippen LogP contribution in [0.4, 0.5) is 0 Å². The number of fused-ring (bicyclic) bond motifs is 2. The number of carbonyl (C=O) groups is 2. The smallest absolute Gasteiger partial charge is 0.341 e. The molecule has 0 saturated carbocycles. The average Bonchev–Trinajstić information content (AvgIpc) is 2.80. The number of pyridine rings is 2. The third-order valence-corrected chi connectivity index (χ3v) is 5.41. The zero-order chi connectivity index (χ0) is 24.4. The van der Waals surface area contributed by atoms with Gasteiger partial charge < -0.3 is 9.30 Å².